The first kappa shape index (κ1) is 16.5. The summed E-state index contributed by atoms with van der Waals surface area (Å²) in [7, 11) is -3.52. The van der Waals surface area contributed by atoms with Gasteiger partial charge in [-0.2, -0.15) is 0 Å². The molecule has 2 atom stereocenters. The molecule has 0 bridgehead atoms. The lowest BCUT2D eigenvalue weighted by Gasteiger charge is -2.16. The third kappa shape index (κ3) is 4.52. The van der Waals surface area contributed by atoms with E-state index in [2.05, 4.69) is 21.2 Å². The highest BCUT2D eigenvalue weighted by Crippen LogP contribution is 2.19. The Kier molecular flexibility index (Phi) is 5.40. The molecule has 1 aliphatic rings. The summed E-state index contributed by atoms with van der Waals surface area (Å²) < 4.78 is 30.6. The van der Waals surface area contributed by atoms with Gasteiger partial charge >= 0.3 is 0 Å². The zero-order valence-corrected chi connectivity index (χ0v) is 14.1. The van der Waals surface area contributed by atoms with Crippen LogP contribution in [0.5, 0.6) is 0 Å². The minimum atomic E-state index is -3.52. The number of rotatable bonds is 5. The van der Waals surface area contributed by atoms with E-state index in [9.17, 15) is 13.2 Å². The van der Waals surface area contributed by atoms with Gasteiger partial charge in [-0.25, -0.2) is 8.42 Å². The monoisotopic (exact) mass is 375 g/mol. The van der Waals surface area contributed by atoms with Gasteiger partial charge in [-0.15, -0.1) is 0 Å². The van der Waals surface area contributed by atoms with Crippen LogP contribution in [0.15, 0.2) is 28.7 Å². The van der Waals surface area contributed by atoms with Crippen LogP contribution in [0.2, 0.25) is 0 Å². The van der Waals surface area contributed by atoms with Crippen molar-refractivity contribution in [3.05, 3.63) is 28.7 Å². The summed E-state index contributed by atoms with van der Waals surface area (Å²) in [4.78, 5) is 12.1. The van der Waals surface area contributed by atoms with E-state index in [0.717, 1.165) is 17.3 Å². The Labute approximate surface area is 133 Å². The Morgan fingerprint density at radius 2 is 2.29 bits per heavy atom. The van der Waals surface area contributed by atoms with Crippen LogP contribution in [-0.2, 0) is 19.4 Å². The summed E-state index contributed by atoms with van der Waals surface area (Å²) in [6.07, 6.45) is 1.33. The van der Waals surface area contributed by atoms with Crippen LogP contribution in [0.3, 0.4) is 0 Å². The van der Waals surface area contributed by atoms with Gasteiger partial charge in [-0.1, -0.05) is 22.0 Å². The minimum Gasteiger partial charge on any atom is -0.377 e. The molecule has 21 heavy (non-hydrogen) atoms. The Hall–Kier alpha value is -0.920. The number of hydrogen-bond acceptors (Lipinski definition) is 4. The van der Waals surface area contributed by atoms with Gasteiger partial charge in [0.1, 0.15) is 5.25 Å². The van der Waals surface area contributed by atoms with Crippen molar-refractivity contribution in [2.24, 2.45) is 0 Å². The van der Waals surface area contributed by atoms with E-state index in [-0.39, 0.29) is 11.9 Å². The quantitative estimate of drug-likeness (QED) is 0.857. The van der Waals surface area contributed by atoms with E-state index in [1.54, 1.807) is 18.2 Å². The second kappa shape index (κ2) is 6.89. The molecule has 0 radical (unpaired) electrons. The molecule has 7 heteroatoms. The van der Waals surface area contributed by atoms with Gasteiger partial charge in [0.25, 0.3) is 0 Å². The van der Waals surface area contributed by atoms with Crippen LogP contribution >= 0.6 is 15.9 Å². The van der Waals surface area contributed by atoms with Crippen molar-refractivity contribution in [2.75, 3.05) is 17.7 Å². The molecule has 116 valence electrons. The Bertz CT molecular complexity index is 611. The van der Waals surface area contributed by atoms with E-state index in [0.29, 0.717) is 12.3 Å². The van der Waals surface area contributed by atoms with Crippen molar-refractivity contribution in [1.29, 1.82) is 0 Å². The lowest BCUT2D eigenvalue weighted by molar-refractivity contribution is -0.115. The topological polar surface area (TPSA) is 72.5 Å². The first-order valence-electron chi connectivity index (χ1n) is 6.78. The molecule has 1 aliphatic heterocycles. The maximum Gasteiger partial charge on any atom is 0.242 e. The fourth-order valence-corrected chi connectivity index (χ4v) is 4.01. The van der Waals surface area contributed by atoms with Gasteiger partial charge < -0.3 is 10.1 Å². The number of sulfone groups is 1. The molecule has 1 amide bonds. The average molecular weight is 376 g/mol. The summed E-state index contributed by atoms with van der Waals surface area (Å²) in [5.41, 5.74) is 0.563. The van der Waals surface area contributed by atoms with Crippen molar-refractivity contribution in [2.45, 2.75) is 31.1 Å². The average Bonchev–Trinajstić information content (AvgIpc) is 2.89. The fraction of sp³-hybridized carbons (Fsp3) is 0.500. The Morgan fingerprint density at radius 1 is 1.52 bits per heavy atom. The molecule has 2 rings (SSSR count). The number of carbonyl (C=O) groups is 1. The lowest BCUT2D eigenvalue weighted by atomic mass is 10.3. The highest BCUT2D eigenvalue weighted by Gasteiger charge is 2.32. The highest BCUT2D eigenvalue weighted by atomic mass is 79.9. The van der Waals surface area contributed by atoms with Crippen LogP contribution in [0.25, 0.3) is 0 Å². The number of nitrogens with one attached hydrogen (secondary N) is 1. The molecule has 1 heterocycles. The zero-order valence-electron chi connectivity index (χ0n) is 11.7. The molecule has 0 spiro atoms. The van der Waals surface area contributed by atoms with Crippen molar-refractivity contribution >= 4 is 37.4 Å². The fourth-order valence-electron chi connectivity index (χ4n) is 2.15. The smallest absolute Gasteiger partial charge is 0.242 e. The highest BCUT2D eigenvalue weighted by molar-refractivity contribution is 9.10. The van der Waals surface area contributed by atoms with E-state index >= 15 is 0 Å². The maximum absolute atomic E-state index is 12.2. The van der Waals surface area contributed by atoms with Crippen LogP contribution in [0.1, 0.15) is 19.8 Å². The molecular weight excluding hydrogens is 358 g/mol. The molecule has 0 aromatic heterocycles. The lowest BCUT2D eigenvalue weighted by Crippen LogP contribution is -2.37. The molecule has 1 saturated heterocycles. The van der Waals surface area contributed by atoms with Gasteiger partial charge in [-0.05, 0) is 38.0 Å². The number of anilines is 1. The van der Waals surface area contributed by atoms with Crippen molar-refractivity contribution in [1.82, 2.24) is 0 Å². The van der Waals surface area contributed by atoms with E-state index in [1.807, 2.05) is 6.07 Å². The van der Waals surface area contributed by atoms with Crippen LogP contribution in [0, 0.1) is 0 Å². The van der Waals surface area contributed by atoms with Gasteiger partial charge in [0.15, 0.2) is 9.84 Å². The number of ether oxygens (including phenoxy) is 1. The predicted molar refractivity (Wildman–Crippen MR) is 85.0 cm³/mol. The minimum absolute atomic E-state index is 0.0972. The number of hydrogen-bond donors (Lipinski definition) is 1. The van der Waals surface area contributed by atoms with Crippen LogP contribution < -0.4 is 5.32 Å². The Morgan fingerprint density at radius 3 is 2.90 bits per heavy atom. The number of carbonyl (C=O) groups excluding carboxylic acids is 1. The third-order valence-corrected chi connectivity index (χ3v) is 6.06. The summed E-state index contributed by atoms with van der Waals surface area (Å²) >= 11 is 3.30. The summed E-state index contributed by atoms with van der Waals surface area (Å²) in [5, 5.41) is 1.53. The summed E-state index contributed by atoms with van der Waals surface area (Å²) in [6, 6.07) is 7.03. The normalized spacial score (nSPS) is 20.2. The first-order chi connectivity index (χ1) is 9.88. The van der Waals surface area contributed by atoms with E-state index < -0.39 is 21.0 Å². The standard InChI is InChI=1S/C14H18BrNO4S/c1-10(21(18,19)9-13-6-3-7-20-13)14(17)16-12-5-2-4-11(15)8-12/h2,4-5,8,10,13H,3,6-7,9H2,1H3,(H,16,17). The molecular formula is C14H18BrNO4S. The predicted octanol–water partition coefficient (Wildman–Crippen LogP) is 2.37. The van der Waals surface area contributed by atoms with Crippen LogP contribution in [0.4, 0.5) is 5.69 Å². The number of amides is 1. The van der Waals surface area contributed by atoms with Crippen molar-refractivity contribution < 1.29 is 17.9 Å². The SMILES string of the molecule is CC(C(=O)Nc1cccc(Br)c1)S(=O)(=O)CC1CCCO1. The van der Waals surface area contributed by atoms with Crippen molar-refractivity contribution in [3.8, 4) is 0 Å². The zero-order chi connectivity index (χ0) is 15.5. The molecule has 0 aliphatic carbocycles. The molecule has 1 aromatic rings. The Balaban J connectivity index is 2.00. The van der Waals surface area contributed by atoms with Gasteiger partial charge in [0.05, 0.1) is 11.9 Å². The molecule has 0 saturated carbocycles. The van der Waals surface area contributed by atoms with Crippen molar-refractivity contribution in [3.63, 3.8) is 0 Å². The van der Waals surface area contributed by atoms with Crippen LogP contribution in [-0.4, -0.2) is 38.0 Å². The first-order valence-corrected chi connectivity index (χ1v) is 9.29. The third-order valence-electron chi connectivity index (χ3n) is 3.44. The molecule has 5 nitrogen and oxygen atoms in total. The molecule has 1 fully saturated rings. The summed E-state index contributed by atoms with van der Waals surface area (Å²) in [6.45, 7) is 2.01. The second-order valence-corrected chi connectivity index (χ2v) is 8.39. The molecule has 1 aromatic carbocycles. The molecule has 2 unspecified atom stereocenters. The van der Waals surface area contributed by atoms with E-state index in [4.69, 9.17) is 4.74 Å². The number of benzene rings is 1. The van der Waals surface area contributed by atoms with E-state index in [1.165, 1.54) is 6.92 Å². The maximum atomic E-state index is 12.2. The largest absolute Gasteiger partial charge is 0.377 e. The van der Waals surface area contributed by atoms with Gasteiger partial charge in [0, 0.05) is 16.8 Å². The van der Waals surface area contributed by atoms with Gasteiger partial charge in [-0.3, -0.25) is 4.79 Å². The summed E-state index contributed by atoms with van der Waals surface area (Å²) in [5.74, 6) is -0.619. The number of halogens is 1. The molecule has 1 N–H and O–H groups in total. The van der Waals surface area contributed by atoms with Gasteiger partial charge in [0.2, 0.25) is 5.91 Å². The second-order valence-electron chi connectivity index (χ2n) is 5.11.